The third-order valence-electron chi connectivity index (χ3n) is 6.53. The van der Waals surface area contributed by atoms with Gasteiger partial charge in [0.25, 0.3) is 11.8 Å². The van der Waals surface area contributed by atoms with Gasteiger partial charge in [0.15, 0.2) is 17.3 Å². The third-order valence-corrected chi connectivity index (χ3v) is 6.53. The third kappa shape index (κ3) is 6.08. The van der Waals surface area contributed by atoms with Crippen LogP contribution < -0.4 is 20.7 Å². The van der Waals surface area contributed by atoms with E-state index < -0.39 is 23.5 Å². The first-order valence-corrected chi connectivity index (χ1v) is 12.6. The van der Waals surface area contributed by atoms with Gasteiger partial charge in [0.2, 0.25) is 5.91 Å². The molecule has 3 heterocycles. The number of rotatable bonds is 9. The minimum absolute atomic E-state index is 0.00597. The molecule has 1 aliphatic carbocycles. The number of ether oxygens (including phenoxy) is 1. The number of aryl methyl sites for hydroxylation is 1. The Labute approximate surface area is 231 Å². The Morgan fingerprint density at radius 2 is 1.80 bits per heavy atom. The van der Waals surface area contributed by atoms with Crippen molar-refractivity contribution in [3.63, 3.8) is 0 Å². The van der Waals surface area contributed by atoms with Crippen LogP contribution in [0, 0.1) is 11.7 Å². The van der Waals surface area contributed by atoms with Crippen molar-refractivity contribution in [2.75, 3.05) is 30.8 Å². The molecule has 5 rings (SSSR count). The highest BCUT2D eigenvalue weighted by Gasteiger charge is 2.31. The van der Waals surface area contributed by atoms with E-state index >= 15 is 0 Å². The first-order valence-electron chi connectivity index (χ1n) is 12.6. The van der Waals surface area contributed by atoms with E-state index in [1.54, 1.807) is 11.9 Å². The summed E-state index contributed by atoms with van der Waals surface area (Å²) in [6.45, 7) is 1.28. The van der Waals surface area contributed by atoms with Gasteiger partial charge >= 0.3 is 6.10 Å². The highest BCUT2D eigenvalue weighted by Crippen LogP contribution is 2.39. The molecule has 1 saturated heterocycles. The average molecular weight is 571 g/mol. The number of carbonyl (C=O) groups excluding carboxylic acids is 3. The van der Waals surface area contributed by atoms with Gasteiger partial charge in [-0.2, -0.15) is 5.10 Å². The van der Waals surface area contributed by atoms with Crippen molar-refractivity contribution in [3.05, 3.63) is 41.5 Å². The summed E-state index contributed by atoms with van der Waals surface area (Å²) in [6.07, 6.45) is -1.21. The summed E-state index contributed by atoms with van der Waals surface area (Å²) < 4.78 is 21.9. The van der Waals surface area contributed by atoms with Crippen molar-refractivity contribution in [2.45, 2.75) is 25.4 Å². The number of likely N-dealkylation sites (tertiary alicyclic amines) is 1. The molecular formula is C25H27FN8O7. The Kier molecular flexibility index (Phi) is 7.29. The number of benzene rings is 1. The van der Waals surface area contributed by atoms with Crippen LogP contribution in [-0.2, 0) is 11.8 Å². The van der Waals surface area contributed by atoms with E-state index in [1.807, 2.05) is 0 Å². The molecule has 3 amide bonds. The Balaban J connectivity index is 1.53. The lowest BCUT2D eigenvalue weighted by molar-refractivity contribution is -0.323. The maximum atomic E-state index is 15.0. The predicted molar refractivity (Wildman–Crippen MR) is 139 cm³/mol. The first kappa shape index (κ1) is 27.9. The molecule has 216 valence electrons. The molecule has 2 aromatic heterocycles. The molecule has 41 heavy (non-hydrogen) atoms. The van der Waals surface area contributed by atoms with Crippen LogP contribution >= 0.6 is 0 Å². The number of nitrogens with zero attached hydrogens (tertiary/aromatic N) is 5. The zero-order chi connectivity index (χ0) is 29.5. The van der Waals surface area contributed by atoms with Crippen LogP contribution in [0.2, 0.25) is 0 Å². The van der Waals surface area contributed by atoms with Gasteiger partial charge in [0.05, 0.1) is 24.2 Å². The molecule has 0 radical (unpaired) electrons. The number of amides is 3. The fourth-order valence-electron chi connectivity index (χ4n) is 4.22. The van der Waals surface area contributed by atoms with E-state index in [2.05, 4.69) is 25.9 Å². The number of aliphatic hydroxyl groups is 3. The quantitative estimate of drug-likeness (QED) is 0.193. The van der Waals surface area contributed by atoms with Crippen molar-refractivity contribution in [1.82, 2.24) is 30.2 Å². The molecule has 0 unspecified atom stereocenters. The van der Waals surface area contributed by atoms with E-state index in [9.17, 15) is 34.1 Å². The summed E-state index contributed by atoms with van der Waals surface area (Å²) in [5.74, 6) is -2.62. The lowest BCUT2D eigenvalue weighted by Crippen LogP contribution is -2.48. The normalized spacial score (nSPS) is 14.7. The van der Waals surface area contributed by atoms with Crippen LogP contribution in [0.25, 0.3) is 11.3 Å². The number of nitrogens with one attached hydrogen (secondary N) is 3. The van der Waals surface area contributed by atoms with E-state index in [0.29, 0.717) is 18.8 Å². The van der Waals surface area contributed by atoms with E-state index in [-0.39, 0.29) is 51.9 Å². The number of halogens is 1. The Bertz CT molecular complexity index is 1530. The first-order chi connectivity index (χ1) is 19.4. The maximum absolute atomic E-state index is 15.0. The second-order valence-electron chi connectivity index (χ2n) is 9.69. The molecule has 15 nitrogen and oxygen atoms in total. The second kappa shape index (κ2) is 10.7. The Morgan fingerprint density at radius 1 is 1.07 bits per heavy atom. The highest BCUT2D eigenvalue weighted by atomic mass is 19.1. The van der Waals surface area contributed by atoms with Gasteiger partial charge in [-0.15, -0.1) is 10.2 Å². The summed E-state index contributed by atoms with van der Waals surface area (Å²) in [7, 11) is 2.92. The highest BCUT2D eigenvalue weighted by molar-refractivity contribution is 6.00. The lowest BCUT2D eigenvalue weighted by atomic mass is 10.1. The fourth-order valence-corrected chi connectivity index (χ4v) is 4.22. The van der Waals surface area contributed by atoms with Crippen molar-refractivity contribution < 1.29 is 38.8 Å². The van der Waals surface area contributed by atoms with E-state index in [0.717, 1.165) is 25.3 Å². The molecule has 3 aromatic rings. The van der Waals surface area contributed by atoms with E-state index in [1.165, 1.54) is 35.3 Å². The minimum atomic E-state index is -3.57. The smallest absolute Gasteiger partial charge is 0.369 e. The fraction of sp³-hybridized carbons (Fsp3) is 0.360. The van der Waals surface area contributed by atoms with Crippen LogP contribution in [-0.4, -0.2) is 84.2 Å². The Morgan fingerprint density at radius 3 is 2.41 bits per heavy atom. The van der Waals surface area contributed by atoms with E-state index in [4.69, 9.17) is 4.74 Å². The zero-order valence-electron chi connectivity index (χ0n) is 22.0. The van der Waals surface area contributed by atoms with Gasteiger partial charge in [-0.1, -0.05) is 0 Å². The van der Waals surface area contributed by atoms with Gasteiger partial charge in [0, 0.05) is 43.8 Å². The number of anilines is 3. The summed E-state index contributed by atoms with van der Waals surface area (Å²) in [5, 5.41) is 46.5. The molecular weight excluding hydrogens is 543 g/mol. The van der Waals surface area contributed by atoms with Crippen molar-refractivity contribution in [1.29, 1.82) is 0 Å². The van der Waals surface area contributed by atoms with Gasteiger partial charge in [-0.05, 0) is 31.4 Å². The topological polar surface area (TPSA) is 204 Å². The van der Waals surface area contributed by atoms with Gasteiger partial charge in [0.1, 0.15) is 11.5 Å². The van der Waals surface area contributed by atoms with Crippen molar-refractivity contribution in [2.24, 2.45) is 13.0 Å². The number of carbonyl (C=O) groups is 3. The molecule has 6 N–H and O–H groups in total. The van der Waals surface area contributed by atoms with Crippen LogP contribution in [0.15, 0.2) is 24.3 Å². The summed E-state index contributed by atoms with van der Waals surface area (Å²) in [5.41, 5.74) is 0.0255. The molecule has 2 aliphatic rings. The number of methoxy groups -OCH3 is 1. The Hall–Kier alpha value is -4.67. The molecule has 0 atom stereocenters. The van der Waals surface area contributed by atoms with Crippen molar-refractivity contribution in [3.8, 4) is 17.0 Å². The number of hydrogen-bond donors (Lipinski definition) is 6. The largest absolute Gasteiger partial charge is 0.494 e. The molecule has 0 spiro atoms. The van der Waals surface area contributed by atoms with Gasteiger partial charge in [-0.3, -0.25) is 24.4 Å². The van der Waals surface area contributed by atoms with Crippen LogP contribution in [0.3, 0.4) is 0 Å². The zero-order valence-corrected chi connectivity index (χ0v) is 22.0. The van der Waals surface area contributed by atoms with Gasteiger partial charge < -0.3 is 35.6 Å². The van der Waals surface area contributed by atoms with Crippen LogP contribution in [0.1, 0.15) is 40.2 Å². The maximum Gasteiger partial charge on any atom is 0.369 e. The molecule has 1 aromatic carbocycles. The summed E-state index contributed by atoms with van der Waals surface area (Å²) in [4.78, 5) is 39.4. The molecule has 1 aliphatic heterocycles. The lowest BCUT2D eigenvalue weighted by Gasteiger charge is -2.30. The standard InChI is InChI=1S/C25H27FN8O7/c1-33-18(24(37)34-6-3-7-34)10-15(32-33)14-8-13(26)9-17(21(14)41-2)27-16-11-19(28-22(35)12-4-5-12)30-31-20(16)23(36)29-25(38,39)40/h8-12,38-40H,3-7H2,1-2H3,(H,29,36)(H2,27,28,30,35). The van der Waals surface area contributed by atoms with Gasteiger partial charge in [-0.25, -0.2) is 4.39 Å². The monoisotopic (exact) mass is 570 g/mol. The molecule has 16 heteroatoms. The SMILES string of the molecule is COc1c(Nc2cc(NC(=O)C3CC3)nnc2C(=O)NC(O)(O)O)cc(F)cc1-c1cc(C(=O)N2CCC2)n(C)n1. The number of aromatic nitrogens is 4. The molecule has 0 bridgehead atoms. The van der Waals surface area contributed by atoms with Crippen LogP contribution in [0.4, 0.5) is 21.6 Å². The number of hydrogen-bond acceptors (Lipinski definition) is 11. The molecule has 1 saturated carbocycles. The molecule has 2 fully saturated rings. The average Bonchev–Trinajstić information content (AvgIpc) is 3.63. The minimum Gasteiger partial charge on any atom is -0.494 e. The second-order valence-corrected chi connectivity index (χ2v) is 9.69. The van der Waals surface area contributed by atoms with Crippen molar-refractivity contribution >= 4 is 34.9 Å². The summed E-state index contributed by atoms with van der Waals surface area (Å²) in [6, 6.07) is 4.98. The predicted octanol–water partition coefficient (Wildman–Crippen LogP) is 0.281. The summed E-state index contributed by atoms with van der Waals surface area (Å²) >= 11 is 0. The van der Waals surface area contributed by atoms with Crippen LogP contribution in [0.5, 0.6) is 5.75 Å².